The first-order valence-corrected chi connectivity index (χ1v) is 7.28. The van der Waals surface area contributed by atoms with Crippen molar-refractivity contribution >= 4 is 23.2 Å². The predicted molar refractivity (Wildman–Crippen MR) is 82.8 cm³/mol. The van der Waals surface area contributed by atoms with Crippen LogP contribution in [0.4, 0.5) is 0 Å². The van der Waals surface area contributed by atoms with Gasteiger partial charge in [0.05, 0.1) is 16.8 Å². The molecule has 0 radical (unpaired) electrons. The summed E-state index contributed by atoms with van der Waals surface area (Å²) in [5, 5.41) is 5.69. The largest absolute Gasteiger partial charge is 0.297 e. The summed E-state index contributed by atoms with van der Waals surface area (Å²) in [5.41, 5.74) is 0.756. The summed E-state index contributed by atoms with van der Waals surface area (Å²) in [6.07, 6.45) is 0. The quantitative estimate of drug-likeness (QED) is 0.858. The van der Waals surface area contributed by atoms with Gasteiger partial charge in [0.2, 0.25) is 0 Å². The second-order valence-corrected chi connectivity index (χ2v) is 5.62. The number of hydrogen-bond donors (Lipinski definition) is 0. The van der Waals surface area contributed by atoms with Crippen LogP contribution in [0.1, 0.15) is 31.5 Å². The number of rotatable bonds is 4. The Morgan fingerprint density at radius 3 is 2.70 bits per heavy atom. The summed E-state index contributed by atoms with van der Waals surface area (Å²) in [6, 6.07) is 5.48. The summed E-state index contributed by atoms with van der Waals surface area (Å²) in [4.78, 5) is 6.73. The molecule has 0 spiro atoms. The van der Waals surface area contributed by atoms with Gasteiger partial charge in [-0.3, -0.25) is 4.90 Å². The molecule has 0 aliphatic rings. The number of aromatic nitrogens is 3. The van der Waals surface area contributed by atoms with Crippen molar-refractivity contribution in [3.05, 3.63) is 39.9 Å². The van der Waals surface area contributed by atoms with Crippen LogP contribution in [0.3, 0.4) is 0 Å². The van der Waals surface area contributed by atoms with Gasteiger partial charge in [-0.05, 0) is 45.6 Å². The maximum atomic E-state index is 6.27. The summed E-state index contributed by atoms with van der Waals surface area (Å²) in [6.45, 7) is 7.01. The molecule has 0 fully saturated rings. The van der Waals surface area contributed by atoms with Crippen LogP contribution in [0.2, 0.25) is 10.0 Å². The second-order valence-electron chi connectivity index (χ2n) is 4.77. The van der Waals surface area contributed by atoms with Crippen LogP contribution in [-0.4, -0.2) is 33.3 Å². The van der Waals surface area contributed by atoms with E-state index in [2.05, 4.69) is 35.9 Å². The molecular weight excluding hydrogens is 295 g/mol. The predicted octanol–water partition coefficient (Wildman–Crippen LogP) is 3.90. The Kier molecular flexibility index (Phi) is 4.68. The lowest BCUT2D eigenvalue weighted by Gasteiger charge is -2.22. The Balaban J connectivity index is 2.54. The topological polar surface area (TPSA) is 34.0 Å². The molecule has 4 nitrogen and oxygen atoms in total. The minimum Gasteiger partial charge on any atom is -0.297 e. The number of hydrogen-bond acceptors (Lipinski definition) is 3. The van der Waals surface area contributed by atoms with Gasteiger partial charge in [-0.25, -0.2) is 9.67 Å². The molecule has 1 aromatic heterocycles. The van der Waals surface area contributed by atoms with Crippen molar-refractivity contribution in [2.45, 2.75) is 26.8 Å². The fourth-order valence-corrected chi connectivity index (χ4v) is 2.36. The minimum atomic E-state index is 0.135. The average molecular weight is 313 g/mol. The van der Waals surface area contributed by atoms with Gasteiger partial charge in [-0.15, -0.1) is 0 Å². The first kappa shape index (κ1) is 15.3. The Morgan fingerprint density at radius 2 is 2.05 bits per heavy atom. The van der Waals surface area contributed by atoms with E-state index < -0.39 is 0 Å². The molecule has 2 rings (SSSR count). The fraction of sp³-hybridized carbons (Fsp3) is 0.429. The van der Waals surface area contributed by atoms with Crippen LogP contribution in [0.5, 0.6) is 0 Å². The van der Waals surface area contributed by atoms with Gasteiger partial charge in [0.1, 0.15) is 11.6 Å². The molecular formula is C14H18Cl2N4. The van der Waals surface area contributed by atoms with E-state index in [-0.39, 0.29) is 6.04 Å². The van der Waals surface area contributed by atoms with E-state index in [0.29, 0.717) is 15.9 Å². The van der Waals surface area contributed by atoms with E-state index in [0.717, 1.165) is 18.1 Å². The van der Waals surface area contributed by atoms with E-state index in [1.807, 2.05) is 6.92 Å². The molecule has 1 aromatic carbocycles. The third-order valence-corrected chi connectivity index (χ3v) is 3.96. The smallest absolute Gasteiger partial charge is 0.149 e. The maximum absolute atomic E-state index is 6.27. The summed E-state index contributed by atoms with van der Waals surface area (Å²) < 4.78 is 1.78. The Morgan fingerprint density at radius 1 is 1.35 bits per heavy atom. The lowest BCUT2D eigenvalue weighted by atomic mass is 10.2. The molecule has 1 unspecified atom stereocenters. The summed E-state index contributed by atoms with van der Waals surface area (Å²) >= 11 is 12.3. The van der Waals surface area contributed by atoms with E-state index in [1.165, 1.54) is 0 Å². The van der Waals surface area contributed by atoms with Crippen molar-refractivity contribution in [3.8, 4) is 5.69 Å². The van der Waals surface area contributed by atoms with Crippen LogP contribution in [-0.2, 0) is 0 Å². The van der Waals surface area contributed by atoms with E-state index in [9.17, 15) is 0 Å². The number of nitrogens with zero attached hydrogens (tertiary/aromatic N) is 4. The maximum Gasteiger partial charge on any atom is 0.149 e. The molecule has 0 aliphatic heterocycles. The van der Waals surface area contributed by atoms with Crippen LogP contribution in [0, 0.1) is 6.92 Å². The molecule has 108 valence electrons. The van der Waals surface area contributed by atoms with Crippen molar-refractivity contribution in [2.75, 3.05) is 13.6 Å². The Hall–Kier alpha value is -1.10. The normalized spacial score (nSPS) is 12.9. The first-order valence-electron chi connectivity index (χ1n) is 6.53. The lowest BCUT2D eigenvalue weighted by Crippen LogP contribution is -2.24. The lowest BCUT2D eigenvalue weighted by molar-refractivity contribution is 0.262. The SMILES string of the molecule is CCN(C)C(C)c1nc(C)nn1-c1cc(Cl)ccc1Cl. The molecule has 1 atom stereocenters. The van der Waals surface area contributed by atoms with Crippen molar-refractivity contribution in [1.29, 1.82) is 0 Å². The highest BCUT2D eigenvalue weighted by molar-refractivity contribution is 6.34. The standard InChI is InChI=1S/C14H18Cl2N4/c1-5-19(4)9(2)14-17-10(3)18-20(14)13-8-11(15)6-7-12(13)16/h6-9H,5H2,1-4H3. The van der Waals surface area contributed by atoms with Gasteiger partial charge in [0.25, 0.3) is 0 Å². The molecule has 0 N–H and O–H groups in total. The van der Waals surface area contributed by atoms with Gasteiger partial charge in [0.15, 0.2) is 0 Å². The molecule has 1 heterocycles. The third-order valence-electron chi connectivity index (χ3n) is 3.41. The second kappa shape index (κ2) is 6.12. The molecule has 0 aliphatic carbocycles. The van der Waals surface area contributed by atoms with Crippen molar-refractivity contribution < 1.29 is 0 Å². The zero-order chi connectivity index (χ0) is 14.9. The van der Waals surface area contributed by atoms with E-state index in [4.69, 9.17) is 23.2 Å². The Labute approximate surface area is 129 Å². The van der Waals surface area contributed by atoms with Crippen LogP contribution in [0.25, 0.3) is 5.69 Å². The zero-order valence-corrected chi connectivity index (χ0v) is 13.6. The van der Waals surface area contributed by atoms with Gasteiger partial charge in [0, 0.05) is 5.02 Å². The Bertz CT molecular complexity index is 609. The minimum absolute atomic E-state index is 0.135. The monoisotopic (exact) mass is 312 g/mol. The van der Waals surface area contributed by atoms with Crippen molar-refractivity contribution in [1.82, 2.24) is 19.7 Å². The van der Waals surface area contributed by atoms with Gasteiger partial charge >= 0.3 is 0 Å². The first-order chi connectivity index (χ1) is 9.43. The summed E-state index contributed by atoms with van der Waals surface area (Å²) in [7, 11) is 2.05. The van der Waals surface area contributed by atoms with Crippen molar-refractivity contribution in [2.24, 2.45) is 0 Å². The van der Waals surface area contributed by atoms with Gasteiger partial charge < -0.3 is 0 Å². The highest BCUT2D eigenvalue weighted by Crippen LogP contribution is 2.27. The molecule has 0 saturated heterocycles. The zero-order valence-electron chi connectivity index (χ0n) is 12.1. The van der Waals surface area contributed by atoms with Gasteiger partial charge in [-0.2, -0.15) is 5.10 Å². The van der Waals surface area contributed by atoms with Crippen molar-refractivity contribution in [3.63, 3.8) is 0 Å². The molecule has 0 bridgehead atoms. The third kappa shape index (κ3) is 2.97. The van der Waals surface area contributed by atoms with Crippen LogP contribution < -0.4 is 0 Å². The highest BCUT2D eigenvalue weighted by Gasteiger charge is 2.20. The van der Waals surface area contributed by atoms with Crippen LogP contribution in [0.15, 0.2) is 18.2 Å². The number of halogens is 2. The molecule has 6 heteroatoms. The highest BCUT2D eigenvalue weighted by atomic mass is 35.5. The van der Waals surface area contributed by atoms with Gasteiger partial charge in [-0.1, -0.05) is 30.1 Å². The van der Waals surface area contributed by atoms with E-state index >= 15 is 0 Å². The van der Waals surface area contributed by atoms with Crippen LogP contribution >= 0.6 is 23.2 Å². The molecule has 20 heavy (non-hydrogen) atoms. The van der Waals surface area contributed by atoms with E-state index in [1.54, 1.807) is 22.9 Å². The average Bonchev–Trinajstić information content (AvgIpc) is 2.81. The number of benzene rings is 1. The molecule has 0 amide bonds. The molecule has 2 aromatic rings. The fourth-order valence-electron chi connectivity index (χ4n) is 2.00. The molecule has 0 saturated carbocycles. The number of aryl methyl sites for hydroxylation is 1. The summed E-state index contributed by atoms with van der Waals surface area (Å²) in [5.74, 6) is 1.57.